The Morgan fingerprint density at radius 1 is 1.45 bits per heavy atom. The summed E-state index contributed by atoms with van der Waals surface area (Å²) in [5.74, 6) is -1.65. The van der Waals surface area contributed by atoms with Crippen LogP contribution in [0.3, 0.4) is 0 Å². The third-order valence-corrected chi connectivity index (χ3v) is 3.71. The monoisotopic (exact) mass is 280 g/mol. The van der Waals surface area contributed by atoms with Gasteiger partial charge in [-0.3, -0.25) is 0 Å². The molecule has 3 N–H and O–H groups in total. The van der Waals surface area contributed by atoms with Gasteiger partial charge in [-0.25, -0.2) is 14.0 Å². The number of urea groups is 1. The van der Waals surface area contributed by atoms with Crippen LogP contribution in [-0.4, -0.2) is 23.7 Å². The fourth-order valence-corrected chi connectivity index (χ4v) is 2.13. The predicted octanol–water partition coefficient (Wildman–Crippen LogP) is 2.69. The Morgan fingerprint density at radius 2 is 2.10 bits per heavy atom. The number of carboxylic acids is 1. The minimum absolute atomic E-state index is 0.234. The molecule has 2 amide bonds. The second-order valence-corrected chi connectivity index (χ2v) is 5.69. The van der Waals surface area contributed by atoms with E-state index in [4.69, 9.17) is 5.11 Å². The topological polar surface area (TPSA) is 78.4 Å². The minimum Gasteiger partial charge on any atom is -0.478 e. The highest BCUT2D eigenvalue weighted by molar-refractivity contribution is 6.00. The van der Waals surface area contributed by atoms with Gasteiger partial charge in [0, 0.05) is 6.54 Å². The second-order valence-electron chi connectivity index (χ2n) is 5.69. The van der Waals surface area contributed by atoms with E-state index in [2.05, 4.69) is 24.5 Å². The first-order chi connectivity index (χ1) is 9.31. The van der Waals surface area contributed by atoms with Gasteiger partial charge in [0.2, 0.25) is 0 Å². The highest BCUT2D eigenvalue weighted by atomic mass is 19.1. The van der Waals surface area contributed by atoms with Crippen molar-refractivity contribution in [3.8, 4) is 0 Å². The first-order valence-electron chi connectivity index (χ1n) is 6.38. The molecule has 0 saturated heterocycles. The molecular formula is C14H17FN2O3. The van der Waals surface area contributed by atoms with Crippen LogP contribution in [0.2, 0.25) is 0 Å². The van der Waals surface area contributed by atoms with Crippen LogP contribution in [0.1, 0.15) is 30.6 Å². The van der Waals surface area contributed by atoms with Crippen molar-refractivity contribution in [3.63, 3.8) is 0 Å². The molecular weight excluding hydrogens is 263 g/mol. The number of carbonyl (C=O) groups is 2. The Kier molecular flexibility index (Phi) is 3.65. The Bertz CT molecular complexity index is 557. The number of carbonyl (C=O) groups excluding carboxylic acids is 1. The van der Waals surface area contributed by atoms with Crippen molar-refractivity contribution >= 4 is 17.7 Å². The van der Waals surface area contributed by atoms with Crippen molar-refractivity contribution < 1.29 is 19.1 Å². The summed E-state index contributed by atoms with van der Waals surface area (Å²) in [7, 11) is 0. The molecule has 0 spiro atoms. The SMILES string of the molecule is CC1(C)CC1CNC(=O)Nc1c(F)cccc1C(=O)O. The van der Waals surface area contributed by atoms with Gasteiger partial charge in [0.05, 0.1) is 11.3 Å². The number of carboxylic acid groups (broad SMARTS) is 1. The average molecular weight is 280 g/mol. The van der Waals surface area contributed by atoms with Crippen LogP contribution < -0.4 is 10.6 Å². The summed E-state index contributed by atoms with van der Waals surface area (Å²) in [6.07, 6.45) is 1.04. The molecule has 0 bridgehead atoms. The highest BCUT2D eigenvalue weighted by Crippen LogP contribution is 2.50. The summed E-state index contributed by atoms with van der Waals surface area (Å²) in [6.45, 7) is 4.71. The van der Waals surface area contributed by atoms with Crippen molar-refractivity contribution in [2.75, 3.05) is 11.9 Å². The Morgan fingerprint density at radius 3 is 2.65 bits per heavy atom. The molecule has 0 heterocycles. The number of nitrogens with one attached hydrogen (secondary N) is 2. The van der Waals surface area contributed by atoms with Crippen molar-refractivity contribution in [3.05, 3.63) is 29.6 Å². The van der Waals surface area contributed by atoms with E-state index in [9.17, 15) is 14.0 Å². The Balaban J connectivity index is 1.99. The molecule has 2 rings (SSSR count). The smallest absolute Gasteiger partial charge is 0.337 e. The lowest BCUT2D eigenvalue weighted by Crippen LogP contribution is -2.32. The Hall–Kier alpha value is -2.11. The molecule has 1 saturated carbocycles. The largest absolute Gasteiger partial charge is 0.478 e. The van der Waals surface area contributed by atoms with Crippen molar-refractivity contribution in [1.29, 1.82) is 0 Å². The fraction of sp³-hybridized carbons (Fsp3) is 0.429. The van der Waals surface area contributed by atoms with E-state index in [1.165, 1.54) is 12.1 Å². The third-order valence-electron chi connectivity index (χ3n) is 3.71. The van der Waals surface area contributed by atoms with Crippen LogP contribution in [0.5, 0.6) is 0 Å². The van der Waals surface area contributed by atoms with E-state index in [1.54, 1.807) is 0 Å². The van der Waals surface area contributed by atoms with Gasteiger partial charge in [0.1, 0.15) is 5.82 Å². The summed E-state index contributed by atoms with van der Waals surface area (Å²) in [4.78, 5) is 22.7. The lowest BCUT2D eigenvalue weighted by molar-refractivity contribution is 0.0697. The summed E-state index contributed by atoms with van der Waals surface area (Å²) in [5.41, 5.74) is -0.350. The first-order valence-corrected chi connectivity index (χ1v) is 6.38. The molecule has 20 heavy (non-hydrogen) atoms. The molecule has 0 aliphatic heterocycles. The highest BCUT2D eigenvalue weighted by Gasteiger charge is 2.45. The van der Waals surface area contributed by atoms with Crippen LogP contribution >= 0.6 is 0 Å². The van der Waals surface area contributed by atoms with Gasteiger partial charge in [0.25, 0.3) is 0 Å². The van der Waals surface area contributed by atoms with E-state index < -0.39 is 17.8 Å². The standard InChI is InChI=1S/C14H17FN2O3/c1-14(2)6-8(14)7-16-13(20)17-11-9(12(18)19)4-3-5-10(11)15/h3-5,8H,6-7H2,1-2H3,(H,18,19)(H2,16,17,20). The summed E-state index contributed by atoms with van der Waals surface area (Å²) < 4.78 is 13.6. The second kappa shape index (κ2) is 5.11. The van der Waals surface area contributed by atoms with E-state index in [1.807, 2.05) is 0 Å². The number of hydrogen-bond donors (Lipinski definition) is 3. The van der Waals surface area contributed by atoms with Crippen molar-refractivity contribution in [1.82, 2.24) is 5.32 Å². The van der Waals surface area contributed by atoms with Gasteiger partial charge >= 0.3 is 12.0 Å². The van der Waals surface area contributed by atoms with Crippen LogP contribution in [-0.2, 0) is 0 Å². The van der Waals surface area contributed by atoms with Gasteiger partial charge in [-0.15, -0.1) is 0 Å². The normalized spacial score (nSPS) is 19.2. The van der Waals surface area contributed by atoms with E-state index in [0.717, 1.165) is 12.5 Å². The maximum atomic E-state index is 13.6. The van der Waals surface area contributed by atoms with Crippen LogP contribution in [0.25, 0.3) is 0 Å². The molecule has 1 aromatic carbocycles. The number of amides is 2. The van der Waals surface area contributed by atoms with Gasteiger partial charge in [0.15, 0.2) is 0 Å². The first kappa shape index (κ1) is 14.3. The average Bonchev–Trinajstić information content (AvgIpc) is 2.97. The maximum Gasteiger partial charge on any atom is 0.337 e. The molecule has 1 aromatic rings. The zero-order chi connectivity index (χ0) is 14.9. The molecule has 6 heteroatoms. The Labute approximate surface area is 116 Å². The van der Waals surface area contributed by atoms with Crippen molar-refractivity contribution in [2.45, 2.75) is 20.3 Å². The number of anilines is 1. The molecule has 0 radical (unpaired) electrons. The summed E-state index contributed by atoms with van der Waals surface area (Å²) in [6, 6.07) is 3.03. The molecule has 108 valence electrons. The minimum atomic E-state index is -1.29. The van der Waals surface area contributed by atoms with Gasteiger partial charge in [-0.1, -0.05) is 19.9 Å². The number of halogens is 1. The molecule has 1 aliphatic carbocycles. The van der Waals surface area contributed by atoms with E-state index >= 15 is 0 Å². The lowest BCUT2D eigenvalue weighted by atomic mass is 10.1. The van der Waals surface area contributed by atoms with Gasteiger partial charge in [-0.2, -0.15) is 0 Å². The van der Waals surface area contributed by atoms with Crippen LogP contribution in [0.15, 0.2) is 18.2 Å². The van der Waals surface area contributed by atoms with Crippen LogP contribution in [0, 0.1) is 17.2 Å². The zero-order valence-electron chi connectivity index (χ0n) is 11.4. The van der Waals surface area contributed by atoms with Crippen LogP contribution in [0.4, 0.5) is 14.9 Å². The molecule has 0 aromatic heterocycles. The van der Waals surface area contributed by atoms with Gasteiger partial charge in [-0.05, 0) is 29.9 Å². The number of rotatable bonds is 4. The summed E-state index contributed by atoms with van der Waals surface area (Å²) >= 11 is 0. The fourth-order valence-electron chi connectivity index (χ4n) is 2.13. The number of benzene rings is 1. The molecule has 1 unspecified atom stereocenters. The lowest BCUT2D eigenvalue weighted by Gasteiger charge is -2.11. The molecule has 5 nitrogen and oxygen atoms in total. The molecule has 1 fully saturated rings. The number of hydrogen-bond acceptors (Lipinski definition) is 2. The van der Waals surface area contributed by atoms with Gasteiger partial charge < -0.3 is 15.7 Å². The maximum absolute atomic E-state index is 13.6. The molecule has 1 aliphatic rings. The predicted molar refractivity (Wildman–Crippen MR) is 72.3 cm³/mol. The molecule has 1 atom stereocenters. The zero-order valence-corrected chi connectivity index (χ0v) is 11.4. The van der Waals surface area contributed by atoms with E-state index in [0.29, 0.717) is 12.5 Å². The number of aromatic carboxylic acids is 1. The number of para-hydroxylation sites is 1. The quantitative estimate of drug-likeness (QED) is 0.793. The summed E-state index contributed by atoms with van der Waals surface area (Å²) in [5, 5.41) is 13.9. The third kappa shape index (κ3) is 3.07. The van der Waals surface area contributed by atoms with Crippen molar-refractivity contribution in [2.24, 2.45) is 11.3 Å². The van der Waals surface area contributed by atoms with E-state index in [-0.39, 0.29) is 16.7 Å².